The third-order valence-corrected chi connectivity index (χ3v) is 11.6. The summed E-state index contributed by atoms with van der Waals surface area (Å²) in [6.07, 6.45) is 7.89. The Morgan fingerprint density at radius 2 is 1.71 bits per heavy atom. The molecule has 0 unspecified atom stereocenters. The predicted molar refractivity (Wildman–Crippen MR) is 226 cm³/mol. The zero-order valence-electron chi connectivity index (χ0n) is 34.5. The van der Waals surface area contributed by atoms with Gasteiger partial charge in [-0.05, 0) is 93.5 Å². The van der Waals surface area contributed by atoms with Gasteiger partial charge in [0.15, 0.2) is 5.65 Å². The van der Waals surface area contributed by atoms with Crippen LogP contribution in [0.4, 0.5) is 16.6 Å². The van der Waals surface area contributed by atoms with Gasteiger partial charge in [0.25, 0.3) is 6.47 Å². The standard InChI is InChI=1S/C43H56N10O2.CH2O2/c1-30-11-8-9-21-51(30)42-47-46-39-19-16-33(29-52(39)42)55-37-18-17-36(34-14-6-7-15-35(34)37)44-41(54)45-40-28-38(43(2,3)4)48-53(40)32-13-10-12-31(27-32)20-22-50-25-23-49(5)24-26-50;2-1-3/h6-7,10,12-16,19,27-30,36-37H,8-9,11,17-18,20-26H2,1-5H3,(H2,44,45,54);1H,(H,2,3)/t30-,36-,37+;/m0./s1. The summed E-state index contributed by atoms with van der Waals surface area (Å²) < 4.78 is 10.6. The van der Waals surface area contributed by atoms with E-state index >= 15 is 0 Å². The Morgan fingerprint density at radius 3 is 2.47 bits per heavy atom. The van der Waals surface area contributed by atoms with Gasteiger partial charge in [-0.1, -0.05) is 57.2 Å². The van der Waals surface area contributed by atoms with Crippen LogP contribution in [-0.4, -0.2) is 104 Å². The van der Waals surface area contributed by atoms with Gasteiger partial charge in [0.05, 0.1) is 23.6 Å². The first-order valence-corrected chi connectivity index (χ1v) is 20.6. The molecule has 5 heterocycles. The minimum atomic E-state index is -0.260. The number of likely N-dealkylation sites (N-methyl/N-ethyl adjacent to an activating group) is 1. The maximum Gasteiger partial charge on any atom is 0.320 e. The van der Waals surface area contributed by atoms with Crippen molar-refractivity contribution in [2.24, 2.45) is 0 Å². The zero-order chi connectivity index (χ0) is 40.8. The summed E-state index contributed by atoms with van der Waals surface area (Å²) in [5, 5.41) is 27.4. The van der Waals surface area contributed by atoms with Crippen molar-refractivity contribution in [1.29, 1.82) is 0 Å². The van der Waals surface area contributed by atoms with Crippen LogP contribution >= 0.6 is 0 Å². The van der Waals surface area contributed by atoms with Gasteiger partial charge in [-0.15, -0.1) is 10.2 Å². The monoisotopic (exact) mass is 790 g/mol. The fourth-order valence-corrected chi connectivity index (χ4v) is 8.25. The number of ether oxygens (including phenoxy) is 1. The number of amides is 2. The maximum absolute atomic E-state index is 13.8. The Morgan fingerprint density at radius 1 is 0.931 bits per heavy atom. The van der Waals surface area contributed by atoms with Crippen molar-refractivity contribution >= 4 is 29.9 Å². The Hall–Kier alpha value is -5.47. The van der Waals surface area contributed by atoms with Gasteiger partial charge in [-0.2, -0.15) is 5.10 Å². The SMILES string of the molecule is C[C@H]1CCCCN1c1nnc2ccc(O[C@@H]3CC[C@H](NC(=O)Nc4cc(C(C)(C)C)nn4-c4cccc(CCN5CCN(C)CC5)c4)c4ccccc43)cn12.O=CO. The molecule has 1 aliphatic carbocycles. The van der Waals surface area contributed by atoms with Crippen LogP contribution in [0.5, 0.6) is 5.75 Å². The summed E-state index contributed by atoms with van der Waals surface area (Å²) in [4.78, 5) is 29.5. The van der Waals surface area contributed by atoms with Gasteiger partial charge in [-0.25, -0.2) is 9.48 Å². The number of aromatic nitrogens is 5. The van der Waals surface area contributed by atoms with Crippen LogP contribution in [0, 0.1) is 0 Å². The third kappa shape index (κ3) is 9.45. The largest absolute Gasteiger partial charge is 0.484 e. The van der Waals surface area contributed by atoms with E-state index in [0.29, 0.717) is 11.9 Å². The molecule has 2 saturated heterocycles. The van der Waals surface area contributed by atoms with Crippen molar-refractivity contribution in [2.75, 3.05) is 56.5 Å². The van der Waals surface area contributed by atoms with E-state index in [1.54, 1.807) is 0 Å². The van der Waals surface area contributed by atoms with E-state index in [9.17, 15) is 4.79 Å². The van der Waals surface area contributed by atoms with Crippen molar-refractivity contribution in [3.05, 3.63) is 95.3 Å². The lowest BCUT2D eigenvalue weighted by atomic mass is 9.85. The van der Waals surface area contributed by atoms with E-state index < -0.39 is 0 Å². The number of carbonyl (C=O) groups is 2. The molecule has 3 aliphatic rings. The van der Waals surface area contributed by atoms with E-state index in [4.69, 9.17) is 19.7 Å². The molecule has 2 aliphatic heterocycles. The van der Waals surface area contributed by atoms with Gasteiger partial charge in [0, 0.05) is 56.8 Å². The topological polar surface area (TPSA) is 145 Å². The number of carboxylic acid groups (broad SMARTS) is 1. The molecule has 3 aromatic heterocycles. The third-order valence-electron chi connectivity index (χ3n) is 11.6. The summed E-state index contributed by atoms with van der Waals surface area (Å²) in [5.74, 6) is 2.29. The van der Waals surface area contributed by atoms with Crippen molar-refractivity contribution in [1.82, 2.24) is 39.5 Å². The van der Waals surface area contributed by atoms with Gasteiger partial charge >= 0.3 is 6.03 Å². The first kappa shape index (κ1) is 40.7. The van der Waals surface area contributed by atoms with E-state index in [2.05, 4.69) is 111 Å². The van der Waals surface area contributed by atoms with Crippen LogP contribution in [0.15, 0.2) is 72.9 Å². The van der Waals surface area contributed by atoms with E-state index in [-0.39, 0.29) is 30.1 Å². The second kappa shape index (κ2) is 18.0. The molecule has 5 aromatic rings. The summed E-state index contributed by atoms with van der Waals surface area (Å²) in [6.45, 7) is 14.9. The number of urea groups is 1. The highest BCUT2D eigenvalue weighted by Gasteiger charge is 2.31. The molecule has 0 radical (unpaired) electrons. The quantitative estimate of drug-likeness (QED) is 0.136. The number of piperazine rings is 1. The fraction of sp³-hybridized carbons (Fsp3) is 0.477. The number of piperidine rings is 1. The molecule has 0 bridgehead atoms. The van der Waals surface area contributed by atoms with Crippen LogP contribution in [-0.2, 0) is 16.6 Å². The summed E-state index contributed by atoms with van der Waals surface area (Å²) in [7, 11) is 2.19. The highest BCUT2D eigenvalue weighted by atomic mass is 16.5. The zero-order valence-corrected chi connectivity index (χ0v) is 34.5. The van der Waals surface area contributed by atoms with Crippen LogP contribution in [0.1, 0.15) is 94.3 Å². The maximum atomic E-state index is 13.8. The van der Waals surface area contributed by atoms with Crippen molar-refractivity contribution in [3.63, 3.8) is 0 Å². The summed E-state index contributed by atoms with van der Waals surface area (Å²) in [5.41, 5.74) is 5.88. The molecule has 14 heteroatoms. The normalized spacial score (nSPS) is 20.2. The van der Waals surface area contributed by atoms with Crippen LogP contribution in [0.2, 0.25) is 0 Å². The molecule has 58 heavy (non-hydrogen) atoms. The van der Waals surface area contributed by atoms with Crippen molar-refractivity contribution < 1.29 is 19.4 Å². The number of anilines is 2. The Labute approximate surface area is 341 Å². The van der Waals surface area contributed by atoms with Gasteiger partial charge in [0.2, 0.25) is 5.95 Å². The minimum Gasteiger partial charge on any atom is -0.484 e. The highest BCUT2D eigenvalue weighted by molar-refractivity contribution is 5.89. The number of nitrogens with one attached hydrogen (secondary N) is 2. The lowest BCUT2D eigenvalue weighted by Gasteiger charge is -2.33. The fourth-order valence-electron chi connectivity index (χ4n) is 8.25. The Balaban J connectivity index is 0.00000166. The lowest BCUT2D eigenvalue weighted by Crippen LogP contribution is -2.45. The minimum absolute atomic E-state index is 0.150. The van der Waals surface area contributed by atoms with Gasteiger partial charge in [-0.3, -0.25) is 14.5 Å². The number of hydrogen-bond acceptors (Lipinski definition) is 9. The van der Waals surface area contributed by atoms with E-state index in [1.807, 2.05) is 41.2 Å². The highest BCUT2D eigenvalue weighted by Crippen LogP contribution is 2.39. The molecule has 2 aromatic carbocycles. The summed E-state index contributed by atoms with van der Waals surface area (Å²) >= 11 is 0. The van der Waals surface area contributed by atoms with E-state index in [1.165, 1.54) is 12.0 Å². The van der Waals surface area contributed by atoms with Crippen LogP contribution in [0.25, 0.3) is 11.3 Å². The molecule has 3 atom stereocenters. The number of nitrogens with zero attached hydrogens (tertiary/aromatic N) is 8. The van der Waals surface area contributed by atoms with Gasteiger partial charge < -0.3 is 29.9 Å². The first-order valence-electron chi connectivity index (χ1n) is 20.6. The van der Waals surface area contributed by atoms with Crippen molar-refractivity contribution in [2.45, 2.75) is 89.8 Å². The second-order valence-corrected chi connectivity index (χ2v) is 16.8. The summed E-state index contributed by atoms with van der Waals surface area (Å²) in [6, 6.07) is 22.8. The molecule has 2 fully saturated rings. The molecule has 8 rings (SSSR count). The number of benzene rings is 2. The predicted octanol–water partition coefficient (Wildman–Crippen LogP) is 6.86. The number of rotatable bonds is 9. The Bertz CT molecular complexity index is 2170. The number of carbonyl (C=O) groups excluding carboxylic acids is 1. The van der Waals surface area contributed by atoms with Crippen molar-refractivity contribution in [3.8, 4) is 11.4 Å². The molecule has 14 nitrogen and oxygen atoms in total. The average molecular weight is 791 g/mol. The number of fused-ring (bicyclic) bond motifs is 2. The molecule has 3 N–H and O–H groups in total. The smallest absolute Gasteiger partial charge is 0.320 e. The number of pyridine rings is 1. The molecule has 0 spiro atoms. The van der Waals surface area contributed by atoms with E-state index in [0.717, 1.165) is 111 Å². The van der Waals surface area contributed by atoms with Crippen LogP contribution < -0.4 is 20.3 Å². The average Bonchev–Trinajstić information content (AvgIpc) is 3.84. The Kier molecular flexibility index (Phi) is 12.6. The second-order valence-electron chi connectivity index (χ2n) is 16.8. The molecule has 308 valence electrons. The van der Waals surface area contributed by atoms with Crippen LogP contribution in [0.3, 0.4) is 0 Å². The molecular formula is C44H58N10O4. The van der Waals surface area contributed by atoms with Gasteiger partial charge in [0.1, 0.15) is 17.7 Å². The molecular weight excluding hydrogens is 733 g/mol. The first-order chi connectivity index (χ1) is 28.0. The molecule has 2 amide bonds. The number of hydrogen-bond donors (Lipinski definition) is 3. The molecule has 0 saturated carbocycles. The lowest BCUT2D eigenvalue weighted by molar-refractivity contribution is -0.122.